The van der Waals surface area contributed by atoms with Gasteiger partial charge < -0.3 is 20.1 Å². The maximum Gasteiger partial charge on any atom is 0.127 e. The molecule has 0 aromatic heterocycles. The molecule has 0 radical (unpaired) electrons. The van der Waals surface area contributed by atoms with Crippen LogP contribution in [0.25, 0.3) is 0 Å². The Morgan fingerprint density at radius 1 is 0.889 bits per heavy atom. The van der Waals surface area contributed by atoms with Gasteiger partial charge in [0.15, 0.2) is 0 Å². The average Bonchev–Trinajstić information content (AvgIpc) is 2.73. The van der Waals surface area contributed by atoms with Crippen LogP contribution in [0.2, 0.25) is 0 Å². The van der Waals surface area contributed by atoms with Crippen LogP contribution in [0.1, 0.15) is 18.4 Å². The molecule has 2 aromatic carbocycles. The third kappa shape index (κ3) is 4.61. The van der Waals surface area contributed by atoms with Crippen molar-refractivity contribution < 1.29 is 9.47 Å². The average molecular weight is 367 g/mol. The lowest BCUT2D eigenvalue weighted by Crippen LogP contribution is -2.63. The van der Waals surface area contributed by atoms with Crippen LogP contribution in [0.3, 0.4) is 0 Å². The summed E-state index contributed by atoms with van der Waals surface area (Å²) in [6.45, 7) is 6.61. The lowest BCUT2D eigenvalue weighted by Gasteiger charge is -2.45. The van der Waals surface area contributed by atoms with Gasteiger partial charge in [0, 0.05) is 44.8 Å². The van der Waals surface area contributed by atoms with Gasteiger partial charge in [0.05, 0.1) is 7.11 Å². The van der Waals surface area contributed by atoms with Crippen molar-refractivity contribution in [2.24, 2.45) is 0 Å². The van der Waals surface area contributed by atoms with Crippen LogP contribution in [0, 0.1) is 0 Å². The zero-order valence-corrected chi connectivity index (χ0v) is 16.0. The van der Waals surface area contributed by atoms with Crippen molar-refractivity contribution >= 4 is 0 Å². The lowest BCUT2D eigenvalue weighted by molar-refractivity contribution is 0.116. The van der Waals surface area contributed by atoms with Crippen molar-refractivity contribution in [1.82, 2.24) is 15.5 Å². The molecule has 27 heavy (non-hydrogen) atoms. The molecule has 2 heterocycles. The van der Waals surface area contributed by atoms with E-state index in [1.807, 2.05) is 24.3 Å². The van der Waals surface area contributed by atoms with Gasteiger partial charge in [-0.2, -0.15) is 0 Å². The monoisotopic (exact) mass is 367 g/mol. The van der Waals surface area contributed by atoms with Gasteiger partial charge in [0.1, 0.15) is 17.2 Å². The highest BCUT2D eigenvalue weighted by Gasteiger charge is 2.35. The number of piperidine rings is 1. The summed E-state index contributed by atoms with van der Waals surface area (Å²) in [6, 6.07) is 16.1. The van der Waals surface area contributed by atoms with Crippen molar-refractivity contribution in [3.8, 4) is 17.2 Å². The van der Waals surface area contributed by atoms with E-state index >= 15 is 0 Å². The van der Waals surface area contributed by atoms with Crippen LogP contribution in [0.5, 0.6) is 17.2 Å². The molecule has 2 saturated heterocycles. The van der Waals surface area contributed by atoms with E-state index in [1.165, 1.54) is 18.4 Å². The van der Waals surface area contributed by atoms with Gasteiger partial charge in [-0.3, -0.25) is 4.90 Å². The molecule has 2 N–H and O–H groups in total. The fraction of sp³-hybridized carbons (Fsp3) is 0.455. The minimum atomic E-state index is 0.324. The Balaban J connectivity index is 1.29. The summed E-state index contributed by atoms with van der Waals surface area (Å²) in [7, 11) is 1.67. The third-order valence-corrected chi connectivity index (χ3v) is 5.70. The number of rotatable bonds is 5. The Labute approximate surface area is 161 Å². The molecule has 2 aromatic rings. The number of methoxy groups -OCH3 is 1. The summed E-state index contributed by atoms with van der Waals surface area (Å²) in [6.07, 6.45) is 2.44. The van der Waals surface area contributed by atoms with Crippen molar-refractivity contribution in [2.45, 2.75) is 24.9 Å². The molecular weight excluding hydrogens is 338 g/mol. The standard InChI is InChI=1S/C22H29N3O2/c1-26-19-6-8-21(9-7-19)27-20-4-2-18(3-5-20)16-25-14-10-22(11-15-25)17-23-12-13-24-22/h2-9,23-24H,10-17H2,1H3. The minimum Gasteiger partial charge on any atom is -0.497 e. The molecule has 5 nitrogen and oxygen atoms in total. The fourth-order valence-electron chi connectivity index (χ4n) is 4.00. The third-order valence-electron chi connectivity index (χ3n) is 5.70. The quantitative estimate of drug-likeness (QED) is 0.851. The predicted molar refractivity (Wildman–Crippen MR) is 108 cm³/mol. The van der Waals surface area contributed by atoms with Crippen LogP contribution >= 0.6 is 0 Å². The molecule has 0 atom stereocenters. The zero-order chi connectivity index (χ0) is 18.5. The van der Waals surface area contributed by atoms with E-state index in [2.05, 4.69) is 39.8 Å². The van der Waals surface area contributed by atoms with Gasteiger partial charge in [-0.25, -0.2) is 0 Å². The summed E-state index contributed by atoms with van der Waals surface area (Å²) < 4.78 is 11.1. The van der Waals surface area contributed by atoms with Crippen molar-refractivity contribution in [3.05, 3.63) is 54.1 Å². The number of hydrogen-bond donors (Lipinski definition) is 2. The second-order valence-corrected chi connectivity index (χ2v) is 7.58. The fourth-order valence-corrected chi connectivity index (χ4v) is 4.00. The van der Waals surface area contributed by atoms with E-state index in [0.29, 0.717) is 5.54 Å². The zero-order valence-electron chi connectivity index (χ0n) is 16.0. The molecule has 2 aliphatic heterocycles. The summed E-state index contributed by atoms with van der Waals surface area (Å²) in [4.78, 5) is 2.56. The van der Waals surface area contributed by atoms with E-state index in [9.17, 15) is 0 Å². The molecule has 2 fully saturated rings. The molecule has 0 amide bonds. The van der Waals surface area contributed by atoms with E-state index in [-0.39, 0.29) is 0 Å². The molecule has 4 rings (SSSR count). The number of likely N-dealkylation sites (tertiary alicyclic amines) is 1. The van der Waals surface area contributed by atoms with Crippen molar-refractivity contribution in [2.75, 3.05) is 39.8 Å². The molecule has 1 spiro atoms. The summed E-state index contributed by atoms with van der Waals surface area (Å²) >= 11 is 0. The molecule has 5 heteroatoms. The van der Waals surface area contributed by atoms with E-state index < -0.39 is 0 Å². The Morgan fingerprint density at radius 2 is 1.52 bits per heavy atom. The number of nitrogens with one attached hydrogen (secondary N) is 2. The van der Waals surface area contributed by atoms with Gasteiger partial charge in [-0.05, 0) is 54.8 Å². The van der Waals surface area contributed by atoms with Crippen LogP contribution in [0.15, 0.2) is 48.5 Å². The second kappa shape index (κ2) is 8.30. The van der Waals surface area contributed by atoms with Crippen LogP contribution in [-0.2, 0) is 6.54 Å². The molecule has 0 aliphatic carbocycles. The molecule has 0 unspecified atom stereocenters. The molecular formula is C22H29N3O2. The molecule has 0 saturated carbocycles. The molecule has 0 bridgehead atoms. The van der Waals surface area contributed by atoms with Gasteiger partial charge in [-0.1, -0.05) is 12.1 Å². The van der Waals surface area contributed by atoms with Gasteiger partial charge in [0.2, 0.25) is 0 Å². The largest absolute Gasteiger partial charge is 0.497 e. The van der Waals surface area contributed by atoms with Crippen LogP contribution < -0.4 is 20.1 Å². The van der Waals surface area contributed by atoms with E-state index in [1.54, 1.807) is 7.11 Å². The van der Waals surface area contributed by atoms with Gasteiger partial charge in [0.25, 0.3) is 0 Å². The normalized spacial score (nSPS) is 19.7. The number of benzene rings is 2. The number of hydrogen-bond acceptors (Lipinski definition) is 5. The highest BCUT2D eigenvalue weighted by atomic mass is 16.5. The first-order valence-electron chi connectivity index (χ1n) is 9.84. The van der Waals surface area contributed by atoms with Gasteiger partial charge >= 0.3 is 0 Å². The topological polar surface area (TPSA) is 45.8 Å². The molecule has 2 aliphatic rings. The Morgan fingerprint density at radius 3 is 2.11 bits per heavy atom. The summed E-state index contributed by atoms with van der Waals surface area (Å²) in [5.74, 6) is 2.51. The first kappa shape index (κ1) is 18.3. The number of nitrogens with zero attached hydrogens (tertiary/aromatic N) is 1. The Kier molecular flexibility index (Phi) is 5.62. The predicted octanol–water partition coefficient (Wildman–Crippen LogP) is 3.01. The first-order chi connectivity index (χ1) is 13.2. The smallest absolute Gasteiger partial charge is 0.127 e. The van der Waals surface area contributed by atoms with Crippen molar-refractivity contribution in [1.29, 1.82) is 0 Å². The Bertz CT molecular complexity index is 714. The second-order valence-electron chi connectivity index (χ2n) is 7.58. The van der Waals surface area contributed by atoms with Crippen LogP contribution in [0.4, 0.5) is 0 Å². The SMILES string of the molecule is COc1ccc(Oc2ccc(CN3CCC4(CC3)CNCCN4)cc2)cc1. The maximum atomic E-state index is 5.91. The number of ether oxygens (including phenoxy) is 2. The molecule has 144 valence electrons. The van der Waals surface area contributed by atoms with E-state index in [0.717, 1.165) is 56.5 Å². The van der Waals surface area contributed by atoms with E-state index in [4.69, 9.17) is 9.47 Å². The minimum absolute atomic E-state index is 0.324. The lowest BCUT2D eigenvalue weighted by atomic mass is 9.86. The van der Waals surface area contributed by atoms with Crippen LogP contribution in [-0.4, -0.2) is 50.3 Å². The maximum absolute atomic E-state index is 5.91. The number of piperazine rings is 1. The van der Waals surface area contributed by atoms with Gasteiger partial charge in [-0.15, -0.1) is 0 Å². The summed E-state index contributed by atoms with van der Waals surface area (Å²) in [5.41, 5.74) is 1.66. The van der Waals surface area contributed by atoms with Crippen molar-refractivity contribution in [3.63, 3.8) is 0 Å². The highest BCUT2D eigenvalue weighted by molar-refractivity contribution is 5.36. The summed E-state index contributed by atoms with van der Waals surface area (Å²) in [5, 5.41) is 7.28. The highest BCUT2D eigenvalue weighted by Crippen LogP contribution is 2.26. The first-order valence-corrected chi connectivity index (χ1v) is 9.84. The Hall–Kier alpha value is -2.08.